The largest absolute Gasteiger partial charge is 0.462 e. The molecular weight excluding hydrogens is 961 g/mol. The summed E-state index contributed by atoms with van der Waals surface area (Å²) in [5, 5.41) is 0. The molecule has 0 aromatic rings. The van der Waals surface area contributed by atoms with Gasteiger partial charge in [0, 0.05) is 19.3 Å². The van der Waals surface area contributed by atoms with Crippen LogP contribution in [-0.2, 0) is 28.6 Å². The third-order valence-corrected chi connectivity index (χ3v) is 14.9. The van der Waals surface area contributed by atoms with Crippen molar-refractivity contribution in [2.24, 2.45) is 0 Å². The van der Waals surface area contributed by atoms with Crippen LogP contribution < -0.4 is 0 Å². The molecule has 0 heterocycles. The van der Waals surface area contributed by atoms with Crippen LogP contribution in [-0.4, -0.2) is 37.2 Å². The highest BCUT2D eigenvalue weighted by Crippen LogP contribution is 2.18. The third kappa shape index (κ3) is 63.7. The van der Waals surface area contributed by atoms with Gasteiger partial charge in [-0.15, -0.1) is 0 Å². The first-order chi connectivity index (χ1) is 38.5. The molecule has 0 bridgehead atoms. The van der Waals surface area contributed by atoms with Crippen molar-refractivity contribution in [3.8, 4) is 0 Å². The van der Waals surface area contributed by atoms with Crippen molar-refractivity contribution in [3.05, 3.63) is 72.9 Å². The molecule has 1 atom stereocenters. The number of esters is 3. The van der Waals surface area contributed by atoms with Gasteiger partial charge < -0.3 is 14.2 Å². The molecule has 0 aromatic heterocycles. The van der Waals surface area contributed by atoms with E-state index < -0.39 is 6.10 Å². The third-order valence-electron chi connectivity index (χ3n) is 14.9. The molecule has 1 unspecified atom stereocenters. The van der Waals surface area contributed by atoms with E-state index in [0.717, 1.165) is 103 Å². The summed E-state index contributed by atoms with van der Waals surface area (Å²) < 4.78 is 17.0. The van der Waals surface area contributed by atoms with E-state index in [1.807, 2.05) is 0 Å². The van der Waals surface area contributed by atoms with Crippen LogP contribution >= 0.6 is 0 Å². The Labute approximate surface area is 484 Å². The maximum Gasteiger partial charge on any atom is 0.306 e. The maximum atomic E-state index is 12.9. The quantitative estimate of drug-likeness (QED) is 0.0261. The van der Waals surface area contributed by atoms with Crippen LogP contribution in [0.25, 0.3) is 0 Å². The van der Waals surface area contributed by atoms with Gasteiger partial charge in [-0.25, -0.2) is 0 Å². The lowest BCUT2D eigenvalue weighted by Crippen LogP contribution is -2.30. The first-order valence-electron chi connectivity index (χ1n) is 33.9. The van der Waals surface area contributed by atoms with Crippen molar-refractivity contribution in [1.29, 1.82) is 0 Å². The average Bonchev–Trinajstić information content (AvgIpc) is 3.44. The summed E-state index contributed by atoms with van der Waals surface area (Å²) in [4.78, 5) is 38.4. The van der Waals surface area contributed by atoms with Gasteiger partial charge in [-0.2, -0.15) is 0 Å². The van der Waals surface area contributed by atoms with Gasteiger partial charge in [0.15, 0.2) is 6.10 Å². The van der Waals surface area contributed by atoms with Crippen LogP contribution in [0.5, 0.6) is 0 Å². The zero-order chi connectivity index (χ0) is 56.4. The van der Waals surface area contributed by atoms with Gasteiger partial charge in [-0.05, 0) is 89.9 Å². The van der Waals surface area contributed by atoms with Crippen LogP contribution in [0.15, 0.2) is 72.9 Å². The van der Waals surface area contributed by atoms with E-state index in [1.54, 1.807) is 0 Å². The lowest BCUT2D eigenvalue weighted by Gasteiger charge is -2.18. The van der Waals surface area contributed by atoms with E-state index in [2.05, 4.69) is 93.7 Å². The summed E-state index contributed by atoms with van der Waals surface area (Å²) in [5.74, 6) is -0.870. The molecule has 0 N–H and O–H groups in total. The average molecular weight is 1090 g/mol. The predicted molar refractivity (Wildman–Crippen MR) is 339 cm³/mol. The Morgan fingerprint density at radius 2 is 0.500 bits per heavy atom. The number of ether oxygens (including phenoxy) is 3. The Balaban J connectivity index is 4.28. The molecule has 0 fully saturated rings. The monoisotopic (exact) mass is 1090 g/mol. The molecule has 0 aliphatic heterocycles. The summed E-state index contributed by atoms with van der Waals surface area (Å²) in [6.07, 6.45) is 86.3. The van der Waals surface area contributed by atoms with Gasteiger partial charge in [0.1, 0.15) is 13.2 Å². The number of rotatable bonds is 62. The second kappa shape index (κ2) is 66.4. The molecule has 6 nitrogen and oxygen atoms in total. The molecule has 0 saturated heterocycles. The van der Waals surface area contributed by atoms with Crippen molar-refractivity contribution >= 4 is 17.9 Å². The Morgan fingerprint density at radius 3 is 0.808 bits per heavy atom. The highest BCUT2D eigenvalue weighted by molar-refractivity contribution is 5.71. The molecule has 0 radical (unpaired) electrons. The lowest BCUT2D eigenvalue weighted by molar-refractivity contribution is -0.167. The summed E-state index contributed by atoms with van der Waals surface area (Å²) >= 11 is 0. The van der Waals surface area contributed by atoms with E-state index in [1.165, 1.54) is 205 Å². The van der Waals surface area contributed by atoms with Crippen molar-refractivity contribution < 1.29 is 28.6 Å². The minimum absolute atomic E-state index is 0.0760. The highest BCUT2D eigenvalue weighted by Gasteiger charge is 2.19. The van der Waals surface area contributed by atoms with Crippen molar-refractivity contribution in [2.45, 2.75) is 354 Å². The molecule has 0 rings (SSSR count). The zero-order valence-electron chi connectivity index (χ0n) is 51.9. The molecule has 0 amide bonds. The van der Waals surface area contributed by atoms with E-state index in [9.17, 15) is 14.4 Å². The summed E-state index contributed by atoms with van der Waals surface area (Å²) in [7, 11) is 0. The van der Waals surface area contributed by atoms with E-state index in [0.29, 0.717) is 19.3 Å². The highest BCUT2D eigenvalue weighted by atomic mass is 16.6. The van der Waals surface area contributed by atoms with E-state index >= 15 is 0 Å². The molecule has 0 aliphatic carbocycles. The number of allylic oxidation sites excluding steroid dienone is 12. The molecule has 452 valence electrons. The Kier molecular flexibility index (Phi) is 63.7. The standard InChI is InChI=1S/C72H128O6/c1-4-7-10-13-16-19-22-25-28-30-32-33-34-35-36-37-38-39-40-42-44-47-50-53-56-59-62-65-71(74)77-68-69(67-76-70(73)64-61-58-55-52-49-46-43-27-24-21-18-15-12-9-6-3)78-72(75)66-63-60-57-54-51-48-45-41-31-29-26-23-20-17-14-11-8-5-2/h7,10,16,18-19,21,25,27-28,32-33,43,69H,4-6,8-9,11-15,17,20,22-24,26,29-31,34-42,44-68H2,1-3H3/b10-7-,19-16-,21-18-,28-25-,33-32-,43-27-. The molecule has 6 heteroatoms. The van der Waals surface area contributed by atoms with Gasteiger partial charge >= 0.3 is 17.9 Å². The van der Waals surface area contributed by atoms with Gasteiger partial charge in [0.05, 0.1) is 0 Å². The Bertz CT molecular complexity index is 1440. The second-order valence-electron chi connectivity index (χ2n) is 22.7. The fourth-order valence-corrected chi connectivity index (χ4v) is 9.88. The summed E-state index contributed by atoms with van der Waals surface area (Å²) in [5.41, 5.74) is 0. The summed E-state index contributed by atoms with van der Waals surface area (Å²) in [6, 6.07) is 0. The van der Waals surface area contributed by atoms with Crippen molar-refractivity contribution in [3.63, 3.8) is 0 Å². The molecule has 0 aromatic carbocycles. The first-order valence-corrected chi connectivity index (χ1v) is 33.9. The first kappa shape index (κ1) is 74.8. The van der Waals surface area contributed by atoms with Crippen LogP contribution in [0, 0.1) is 0 Å². The van der Waals surface area contributed by atoms with Gasteiger partial charge in [-0.1, -0.05) is 312 Å². The number of carbonyl (C=O) groups is 3. The predicted octanol–water partition coefficient (Wildman–Crippen LogP) is 23.3. The minimum atomic E-state index is -0.780. The van der Waals surface area contributed by atoms with Gasteiger partial charge in [0.2, 0.25) is 0 Å². The van der Waals surface area contributed by atoms with Crippen molar-refractivity contribution in [1.82, 2.24) is 0 Å². The smallest absolute Gasteiger partial charge is 0.306 e. The van der Waals surface area contributed by atoms with Crippen LogP contribution in [0.1, 0.15) is 348 Å². The van der Waals surface area contributed by atoms with E-state index in [-0.39, 0.29) is 31.1 Å². The maximum absolute atomic E-state index is 12.9. The lowest BCUT2D eigenvalue weighted by atomic mass is 10.0. The Morgan fingerprint density at radius 1 is 0.269 bits per heavy atom. The SMILES string of the molecule is CC/C=C\C/C=C\C/C=C\C/C=C\CCCCCCCCCCCCCCCCC(=O)OCC(COC(=O)CCCCCCC/C=C\C/C=C\CCCCC)OC(=O)CCCCCCCCCCCCCCCCCCCC. The number of carbonyl (C=O) groups excluding carboxylic acids is 3. The molecule has 0 aliphatic rings. The minimum Gasteiger partial charge on any atom is -0.462 e. The second-order valence-corrected chi connectivity index (χ2v) is 22.7. The molecule has 78 heavy (non-hydrogen) atoms. The molecule has 0 spiro atoms. The van der Waals surface area contributed by atoms with E-state index in [4.69, 9.17) is 14.2 Å². The van der Waals surface area contributed by atoms with Gasteiger partial charge in [0.25, 0.3) is 0 Å². The topological polar surface area (TPSA) is 78.9 Å². The zero-order valence-corrected chi connectivity index (χ0v) is 51.9. The summed E-state index contributed by atoms with van der Waals surface area (Å²) in [6.45, 7) is 6.54. The van der Waals surface area contributed by atoms with Crippen molar-refractivity contribution in [2.75, 3.05) is 13.2 Å². The fraction of sp³-hybridized carbons (Fsp3) is 0.792. The van der Waals surface area contributed by atoms with Crippen LogP contribution in [0.4, 0.5) is 0 Å². The number of hydrogen-bond acceptors (Lipinski definition) is 6. The number of hydrogen-bond donors (Lipinski definition) is 0. The molecular formula is C72H128O6. The fourth-order valence-electron chi connectivity index (χ4n) is 9.88. The Hall–Kier alpha value is -3.15. The number of unbranched alkanes of at least 4 members (excludes halogenated alkanes) is 39. The normalized spacial score (nSPS) is 12.5. The molecule has 0 saturated carbocycles. The van der Waals surface area contributed by atoms with Crippen LogP contribution in [0.2, 0.25) is 0 Å². The van der Waals surface area contributed by atoms with Crippen LogP contribution in [0.3, 0.4) is 0 Å². The van der Waals surface area contributed by atoms with Gasteiger partial charge in [-0.3, -0.25) is 14.4 Å².